The average Bonchev–Trinajstić information content (AvgIpc) is 2.95. The van der Waals surface area contributed by atoms with E-state index in [2.05, 4.69) is 86.9 Å². The van der Waals surface area contributed by atoms with Gasteiger partial charge < -0.3 is 14.7 Å². The minimum atomic E-state index is -1.11. The quantitative estimate of drug-likeness (QED) is 0.275. The summed E-state index contributed by atoms with van der Waals surface area (Å²) in [5, 5.41) is 10.5. The monoisotopic (exact) mass is 611 g/mol. The maximum absolute atomic E-state index is 12.8. The van der Waals surface area contributed by atoms with Crippen LogP contribution >= 0.6 is 0 Å². The molecular formula is C39H53N3O3. The molecule has 1 N–H and O–H groups in total. The Balaban J connectivity index is 1.56. The number of piperidine rings is 1. The lowest BCUT2D eigenvalue weighted by Gasteiger charge is -2.41. The van der Waals surface area contributed by atoms with Gasteiger partial charge in [0.15, 0.2) is 6.10 Å². The van der Waals surface area contributed by atoms with Gasteiger partial charge in [0.1, 0.15) is 0 Å². The molecule has 2 aliphatic rings. The molecule has 0 amide bonds. The minimum Gasteiger partial charge on any atom is -0.479 e. The highest BCUT2D eigenvalue weighted by Crippen LogP contribution is 2.45. The van der Waals surface area contributed by atoms with Gasteiger partial charge in [-0.1, -0.05) is 70.2 Å². The number of aromatic nitrogens is 1. The van der Waals surface area contributed by atoms with Crippen LogP contribution in [0.15, 0.2) is 42.5 Å². The van der Waals surface area contributed by atoms with Gasteiger partial charge in [-0.2, -0.15) is 0 Å². The highest BCUT2D eigenvalue weighted by Gasteiger charge is 2.36. The van der Waals surface area contributed by atoms with Crippen LogP contribution < -0.4 is 4.90 Å². The number of aliphatic carboxylic acids is 1. The van der Waals surface area contributed by atoms with Gasteiger partial charge >= 0.3 is 5.97 Å². The van der Waals surface area contributed by atoms with E-state index in [1.165, 1.54) is 22.3 Å². The van der Waals surface area contributed by atoms with E-state index in [9.17, 15) is 9.90 Å². The number of ether oxygens (including phenoxy) is 1. The molecule has 1 atom stereocenters. The molecule has 6 heteroatoms. The third kappa shape index (κ3) is 7.44. The lowest BCUT2D eigenvalue weighted by molar-refractivity contribution is -0.160. The molecule has 1 saturated heterocycles. The Morgan fingerprint density at radius 2 is 1.69 bits per heavy atom. The number of hydrogen-bond acceptors (Lipinski definition) is 5. The molecule has 0 bridgehead atoms. The van der Waals surface area contributed by atoms with Crippen LogP contribution in [0.5, 0.6) is 0 Å². The van der Waals surface area contributed by atoms with Crippen LogP contribution in [-0.2, 0) is 29.0 Å². The van der Waals surface area contributed by atoms with Gasteiger partial charge in [0.25, 0.3) is 0 Å². The lowest BCUT2D eigenvalue weighted by Crippen LogP contribution is -2.39. The number of hydrogen-bond donors (Lipinski definition) is 1. The lowest BCUT2D eigenvalue weighted by atomic mass is 9.81. The van der Waals surface area contributed by atoms with Crippen LogP contribution in [0.2, 0.25) is 0 Å². The van der Waals surface area contributed by atoms with Gasteiger partial charge in [0.2, 0.25) is 0 Å². The molecule has 1 unspecified atom stereocenters. The first-order valence-corrected chi connectivity index (χ1v) is 16.7. The second-order valence-electron chi connectivity index (χ2n) is 15.3. The molecule has 1 aromatic heterocycles. The number of nitrogens with zero attached hydrogens (tertiary/aromatic N) is 3. The largest absolute Gasteiger partial charge is 0.479 e. The van der Waals surface area contributed by atoms with Crippen molar-refractivity contribution in [1.29, 1.82) is 0 Å². The van der Waals surface area contributed by atoms with Crippen LogP contribution in [0.1, 0.15) is 113 Å². The highest BCUT2D eigenvalue weighted by molar-refractivity contribution is 5.88. The van der Waals surface area contributed by atoms with Crippen LogP contribution in [-0.4, -0.2) is 46.2 Å². The number of aryl methyl sites for hydroxylation is 2. The minimum absolute atomic E-state index is 0.259. The van der Waals surface area contributed by atoms with Gasteiger partial charge in [-0.05, 0) is 93.0 Å². The van der Waals surface area contributed by atoms with E-state index in [4.69, 9.17) is 9.72 Å². The van der Waals surface area contributed by atoms with Gasteiger partial charge in [-0.3, -0.25) is 9.88 Å². The highest BCUT2D eigenvalue weighted by atomic mass is 16.5. The molecule has 0 radical (unpaired) electrons. The average molecular weight is 612 g/mol. The molecule has 242 valence electrons. The third-order valence-electron chi connectivity index (χ3n) is 9.63. The predicted octanol–water partition coefficient (Wildman–Crippen LogP) is 8.61. The number of carboxylic acids is 1. The van der Waals surface area contributed by atoms with Crippen LogP contribution in [0, 0.1) is 19.3 Å². The van der Waals surface area contributed by atoms with Gasteiger partial charge in [-0.25, -0.2) is 4.79 Å². The Kier molecular flexibility index (Phi) is 9.49. The fraction of sp³-hybridized carbons (Fsp3) is 0.538. The molecule has 2 aliphatic heterocycles. The summed E-state index contributed by atoms with van der Waals surface area (Å²) < 4.78 is 6.27. The maximum Gasteiger partial charge on any atom is 0.337 e. The molecule has 45 heavy (non-hydrogen) atoms. The molecule has 3 heterocycles. The molecule has 2 aromatic carbocycles. The molecular weight excluding hydrogens is 558 g/mol. The van der Waals surface area contributed by atoms with Crippen molar-refractivity contribution in [3.05, 3.63) is 81.7 Å². The molecule has 5 rings (SSSR count). The van der Waals surface area contributed by atoms with Crippen molar-refractivity contribution in [3.63, 3.8) is 0 Å². The normalized spacial score (nSPS) is 17.8. The summed E-state index contributed by atoms with van der Waals surface area (Å²) in [6, 6.07) is 15.7. The first kappa shape index (κ1) is 33.2. The summed E-state index contributed by atoms with van der Waals surface area (Å²) >= 11 is 0. The first-order valence-electron chi connectivity index (χ1n) is 16.7. The zero-order chi connectivity index (χ0) is 32.7. The van der Waals surface area contributed by atoms with Crippen molar-refractivity contribution >= 4 is 11.7 Å². The standard InChI is InChI=1S/C39H53N3O3/c1-25(2)32-13-11-10-12-31(32)24-41-19-16-28-22-29(14-15-30(28)23-41)33-26(3)40-27(4)34(36(37(43)44)45-38(5,6)7)35(33)42-20-17-39(8,9)18-21-42/h10-15,22,25,36H,16-21,23-24H2,1-9H3,(H,43,44). The van der Waals surface area contributed by atoms with Crippen molar-refractivity contribution in [1.82, 2.24) is 9.88 Å². The number of anilines is 1. The number of rotatable bonds is 8. The Morgan fingerprint density at radius 1 is 1.00 bits per heavy atom. The SMILES string of the molecule is Cc1nc(C)c(C(OC(C)(C)C)C(=O)O)c(N2CCC(C)(C)CC2)c1-c1ccc2c(c1)CCN(Cc1ccccc1C(C)C)C2. The van der Waals surface area contributed by atoms with E-state index in [0.29, 0.717) is 11.5 Å². The maximum atomic E-state index is 12.8. The van der Waals surface area contributed by atoms with E-state index < -0.39 is 17.7 Å². The Labute approximate surface area is 270 Å². The first-order chi connectivity index (χ1) is 21.1. The summed E-state index contributed by atoms with van der Waals surface area (Å²) in [7, 11) is 0. The number of carbonyl (C=O) groups is 1. The third-order valence-corrected chi connectivity index (χ3v) is 9.63. The smallest absolute Gasteiger partial charge is 0.337 e. The fourth-order valence-corrected chi connectivity index (χ4v) is 7.14. The number of fused-ring (bicyclic) bond motifs is 1. The zero-order valence-electron chi connectivity index (χ0n) is 29.0. The second-order valence-corrected chi connectivity index (χ2v) is 15.3. The van der Waals surface area contributed by atoms with Gasteiger partial charge in [-0.15, -0.1) is 0 Å². The summed E-state index contributed by atoms with van der Waals surface area (Å²) in [6.45, 7) is 23.6. The van der Waals surface area contributed by atoms with E-state index in [-0.39, 0.29) is 5.41 Å². The number of carboxylic acid groups (broad SMARTS) is 1. The van der Waals surface area contributed by atoms with Crippen LogP contribution in [0.3, 0.4) is 0 Å². The summed E-state index contributed by atoms with van der Waals surface area (Å²) in [4.78, 5) is 22.8. The van der Waals surface area contributed by atoms with Crippen molar-refractivity contribution in [2.45, 2.75) is 112 Å². The summed E-state index contributed by atoms with van der Waals surface area (Å²) in [6.07, 6.45) is 1.96. The van der Waals surface area contributed by atoms with Crippen LogP contribution in [0.4, 0.5) is 5.69 Å². The summed E-state index contributed by atoms with van der Waals surface area (Å²) in [5.74, 6) is -0.473. The molecule has 0 spiro atoms. The number of pyridine rings is 1. The van der Waals surface area contributed by atoms with E-state index in [0.717, 1.165) is 80.2 Å². The molecule has 3 aromatic rings. The molecule has 0 saturated carbocycles. The van der Waals surface area contributed by atoms with Crippen LogP contribution in [0.25, 0.3) is 11.1 Å². The van der Waals surface area contributed by atoms with Gasteiger partial charge in [0.05, 0.1) is 11.3 Å². The van der Waals surface area contributed by atoms with E-state index >= 15 is 0 Å². The second kappa shape index (κ2) is 12.9. The number of benzene rings is 2. The predicted molar refractivity (Wildman–Crippen MR) is 184 cm³/mol. The van der Waals surface area contributed by atoms with E-state index in [1.54, 1.807) is 0 Å². The van der Waals surface area contributed by atoms with Crippen molar-refractivity contribution in [2.24, 2.45) is 5.41 Å². The fourth-order valence-electron chi connectivity index (χ4n) is 7.14. The molecule has 0 aliphatic carbocycles. The Bertz CT molecular complexity index is 1540. The Hall–Kier alpha value is -3.22. The Morgan fingerprint density at radius 3 is 2.33 bits per heavy atom. The van der Waals surface area contributed by atoms with Crippen molar-refractivity contribution in [2.75, 3.05) is 24.5 Å². The topological polar surface area (TPSA) is 65.9 Å². The van der Waals surface area contributed by atoms with E-state index in [1.807, 2.05) is 27.7 Å². The summed E-state index contributed by atoms with van der Waals surface area (Å²) in [5.41, 5.74) is 10.7. The van der Waals surface area contributed by atoms with Gasteiger partial charge in [0, 0.05) is 55.2 Å². The molecule has 6 nitrogen and oxygen atoms in total. The van der Waals surface area contributed by atoms with Crippen molar-refractivity contribution < 1.29 is 14.6 Å². The van der Waals surface area contributed by atoms with Crippen molar-refractivity contribution in [3.8, 4) is 11.1 Å². The molecule has 1 fully saturated rings. The zero-order valence-corrected chi connectivity index (χ0v) is 29.0.